The van der Waals surface area contributed by atoms with Crippen molar-refractivity contribution in [3.05, 3.63) is 46.5 Å². The van der Waals surface area contributed by atoms with E-state index < -0.39 is 68.4 Å². The molecule has 2 saturated carbocycles. The number of hydrogen-bond donors (Lipinski definition) is 3. The second kappa shape index (κ2) is 14.3. The molecule has 0 unspecified atom stereocenters. The summed E-state index contributed by atoms with van der Waals surface area (Å²) in [7, 11) is -3.85. The first kappa shape index (κ1) is 35.3. The van der Waals surface area contributed by atoms with E-state index in [1.807, 2.05) is 36.4 Å². The van der Waals surface area contributed by atoms with Crippen LogP contribution in [0.4, 0.5) is 4.79 Å². The molecule has 2 aliphatic heterocycles. The number of nitrogens with zero attached hydrogens (tertiary/aromatic N) is 1. The Bertz CT molecular complexity index is 1510. The number of alkyl carbamates (subject to hydrolysis) is 1. The molecule has 4 amide bonds. The molecule has 2 aliphatic carbocycles. The van der Waals surface area contributed by atoms with Crippen LogP contribution < -0.4 is 15.4 Å². The van der Waals surface area contributed by atoms with Crippen molar-refractivity contribution < 1.29 is 37.1 Å². The average molecular weight is 738 g/mol. The lowest BCUT2D eigenvalue weighted by Crippen LogP contribution is -2.58. The largest absolute Gasteiger partial charge is 0.444 e. The summed E-state index contributed by atoms with van der Waals surface area (Å²) in [6.45, 7) is 5.55. The fourth-order valence-corrected chi connectivity index (χ4v) is 7.98. The van der Waals surface area contributed by atoms with Gasteiger partial charge in [0.1, 0.15) is 23.2 Å². The van der Waals surface area contributed by atoms with Crippen LogP contribution >= 0.6 is 15.9 Å². The van der Waals surface area contributed by atoms with Gasteiger partial charge in [0.15, 0.2) is 0 Å². The number of fused-ring (bicyclic) bond motifs is 2. The topological polar surface area (TPSA) is 160 Å². The minimum Gasteiger partial charge on any atom is -0.444 e. The first-order valence-electron chi connectivity index (χ1n) is 16.4. The second-order valence-electron chi connectivity index (χ2n) is 14.0. The first-order valence-corrected chi connectivity index (χ1v) is 18.7. The summed E-state index contributed by atoms with van der Waals surface area (Å²) in [6, 6.07) is 5.66. The number of ether oxygens (including phenoxy) is 2. The number of nitrogens with one attached hydrogen (secondary N) is 3. The Morgan fingerprint density at radius 3 is 2.60 bits per heavy atom. The van der Waals surface area contributed by atoms with Gasteiger partial charge in [-0.05, 0) is 77.0 Å². The van der Waals surface area contributed by atoms with E-state index in [2.05, 4.69) is 31.3 Å². The zero-order valence-corrected chi connectivity index (χ0v) is 29.5. The Morgan fingerprint density at radius 1 is 1.13 bits per heavy atom. The minimum absolute atomic E-state index is 0.0933. The number of allylic oxidation sites excluding steroid dienone is 1. The maximum atomic E-state index is 14.2. The van der Waals surface area contributed by atoms with Gasteiger partial charge >= 0.3 is 6.09 Å². The number of carbonyl (C=O) groups is 4. The number of sulfonamides is 1. The number of rotatable bonds is 7. The number of carbonyl (C=O) groups excluding carboxylic acids is 4. The molecule has 1 saturated heterocycles. The van der Waals surface area contributed by atoms with Gasteiger partial charge in [-0.1, -0.05) is 53.1 Å². The SMILES string of the molecule is CC(C)(C)OC(=O)N[C@H]1CCCCC/C=C\[C@@H]2C[C@@]2(C(=O)NS(=O)(=O)C2CC2)NC(=O)[C@@H]2C[C@@H](OCc3cccc(Br)c3)CN2C1=O. The fraction of sp³-hybridized carbons (Fsp3) is 0.636. The number of amides is 4. The van der Waals surface area contributed by atoms with Crippen molar-refractivity contribution in [3.8, 4) is 0 Å². The van der Waals surface area contributed by atoms with Crippen molar-refractivity contribution in [2.75, 3.05) is 6.54 Å². The van der Waals surface area contributed by atoms with Crippen LogP contribution in [0.25, 0.3) is 0 Å². The molecule has 258 valence electrons. The smallest absolute Gasteiger partial charge is 0.408 e. The van der Waals surface area contributed by atoms with E-state index >= 15 is 0 Å². The van der Waals surface area contributed by atoms with E-state index in [-0.39, 0.29) is 31.9 Å². The summed E-state index contributed by atoms with van der Waals surface area (Å²) >= 11 is 3.46. The molecule has 5 rings (SSSR count). The van der Waals surface area contributed by atoms with Gasteiger partial charge in [-0.25, -0.2) is 13.2 Å². The van der Waals surface area contributed by atoms with E-state index in [4.69, 9.17) is 9.47 Å². The molecule has 4 aliphatic rings. The van der Waals surface area contributed by atoms with Gasteiger partial charge in [-0.2, -0.15) is 0 Å². The number of benzene rings is 1. The molecular formula is C33H45BrN4O8S. The van der Waals surface area contributed by atoms with Crippen LogP contribution in [0.1, 0.15) is 84.1 Å². The van der Waals surface area contributed by atoms with Crippen molar-refractivity contribution in [2.24, 2.45) is 5.92 Å². The highest BCUT2D eigenvalue weighted by Gasteiger charge is 2.62. The van der Waals surface area contributed by atoms with Crippen molar-refractivity contribution >= 4 is 49.8 Å². The number of halogens is 1. The van der Waals surface area contributed by atoms with Crippen LogP contribution in [-0.2, 0) is 40.5 Å². The summed E-state index contributed by atoms with van der Waals surface area (Å²) in [4.78, 5) is 56.1. The Kier molecular flexibility index (Phi) is 10.7. The third kappa shape index (κ3) is 9.14. The highest BCUT2D eigenvalue weighted by atomic mass is 79.9. The van der Waals surface area contributed by atoms with E-state index in [0.717, 1.165) is 22.9 Å². The van der Waals surface area contributed by atoms with E-state index in [9.17, 15) is 27.6 Å². The van der Waals surface area contributed by atoms with E-state index in [0.29, 0.717) is 32.1 Å². The molecule has 0 radical (unpaired) electrons. The van der Waals surface area contributed by atoms with E-state index in [1.165, 1.54) is 4.90 Å². The molecule has 1 aromatic carbocycles. The molecule has 0 spiro atoms. The first-order chi connectivity index (χ1) is 22.2. The van der Waals surface area contributed by atoms with Crippen LogP contribution in [0, 0.1) is 5.92 Å². The molecule has 3 fully saturated rings. The van der Waals surface area contributed by atoms with Gasteiger partial charge in [0.05, 0.1) is 18.0 Å². The third-order valence-electron chi connectivity index (χ3n) is 8.91. The lowest BCUT2D eigenvalue weighted by atomic mass is 10.0. The van der Waals surface area contributed by atoms with Gasteiger partial charge < -0.3 is 25.0 Å². The van der Waals surface area contributed by atoms with Gasteiger partial charge in [-0.15, -0.1) is 0 Å². The van der Waals surface area contributed by atoms with Crippen molar-refractivity contribution in [3.63, 3.8) is 0 Å². The van der Waals surface area contributed by atoms with E-state index in [1.54, 1.807) is 20.8 Å². The van der Waals surface area contributed by atoms with Crippen LogP contribution in [0.2, 0.25) is 0 Å². The lowest BCUT2D eigenvalue weighted by molar-refractivity contribution is -0.141. The minimum atomic E-state index is -3.85. The highest BCUT2D eigenvalue weighted by molar-refractivity contribution is 9.10. The summed E-state index contributed by atoms with van der Waals surface area (Å²) < 4.78 is 40.2. The third-order valence-corrected chi connectivity index (χ3v) is 11.2. The fourth-order valence-electron chi connectivity index (χ4n) is 6.17. The molecule has 3 N–H and O–H groups in total. The average Bonchev–Trinajstić information content (AvgIpc) is 3.90. The predicted octanol–water partition coefficient (Wildman–Crippen LogP) is 3.83. The molecule has 1 aromatic rings. The normalized spacial score (nSPS) is 29.3. The molecular weight excluding hydrogens is 692 g/mol. The Balaban J connectivity index is 1.40. The zero-order valence-electron chi connectivity index (χ0n) is 27.1. The molecule has 0 bridgehead atoms. The lowest BCUT2D eigenvalue weighted by Gasteiger charge is -2.30. The van der Waals surface area contributed by atoms with Crippen molar-refractivity contribution in [1.29, 1.82) is 0 Å². The van der Waals surface area contributed by atoms with Crippen LogP contribution in [0.3, 0.4) is 0 Å². The molecule has 5 atom stereocenters. The Morgan fingerprint density at radius 2 is 1.89 bits per heavy atom. The van der Waals surface area contributed by atoms with Crippen LogP contribution in [-0.4, -0.2) is 78.3 Å². The standard InChI is InChI=1S/C33H45BrN4O8S/c1-32(2,3)46-31(42)35-26-13-8-6-4-5-7-11-22-18-33(22,30(41)37-47(43,44)25-14-15-25)36-28(39)27-17-24(19-38(27)29(26)40)45-20-21-10-9-12-23(34)16-21/h7,9-12,16,22,24-27H,4-6,8,13-15,17-20H2,1-3H3,(H,35,42)(H,36,39)(H,37,41)/b11-7-/t22-,24-,26+,27+,33-/m1/s1. The number of hydrogen-bond acceptors (Lipinski definition) is 8. The maximum Gasteiger partial charge on any atom is 0.408 e. The van der Waals surface area contributed by atoms with Crippen molar-refractivity contribution in [1.82, 2.24) is 20.3 Å². The molecule has 47 heavy (non-hydrogen) atoms. The van der Waals surface area contributed by atoms with Gasteiger partial charge in [-0.3, -0.25) is 19.1 Å². The second-order valence-corrected chi connectivity index (χ2v) is 16.9. The molecule has 2 heterocycles. The summed E-state index contributed by atoms with van der Waals surface area (Å²) in [6.07, 6.45) is 7.30. The monoisotopic (exact) mass is 736 g/mol. The Hall–Kier alpha value is -2.97. The molecule has 0 aromatic heterocycles. The maximum absolute atomic E-state index is 14.2. The molecule has 12 nitrogen and oxygen atoms in total. The van der Waals surface area contributed by atoms with Gasteiger partial charge in [0.2, 0.25) is 21.8 Å². The van der Waals surface area contributed by atoms with Crippen LogP contribution in [0.5, 0.6) is 0 Å². The van der Waals surface area contributed by atoms with Crippen molar-refractivity contribution in [2.45, 2.75) is 120 Å². The summed E-state index contributed by atoms with van der Waals surface area (Å²) in [5.41, 5.74) is -1.32. The predicted molar refractivity (Wildman–Crippen MR) is 177 cm³/mol. The van der Waals surface area contributed by atoms with Gasteiger partial charge in [0.25, 0.3) is 5.91 Å². The van der Waals surface area contributed by atoms with Crippen LogP contribution in [0.15, 0.2) is 40.9 Å². The molecule has 14 heteroatoms. The quantitative estimate of drug-likeness (QED) is 0.356. The highest BCUT2D eigenvalue weighted by Crippen LogP contribution is 2.46. The summed E-state index contributed by atoms with van der Waals surface area (Å²) in [5.74, 6) is -2.17. The zero-order chi connectivity index (χ0) is 34.0. The Labute approximate surface area is 284 Å². The summed E-state index contributed by atoms with van der Waals surface area (Å²) in [5, 5.41) is 5.00. The van der Waals surface area contributed by atoms with Gasteiger partial charge in [0, 0.05) is 23.4 Å².